The van der Waals surface area contributed by atoms with Crippen LogP contribution in [0.2, 0.25) is 0 Å². The summed E-state index contributed by atoms with van der Waals surface area (Å²) in [5.41, 5.74) is 2.48. The molecule has 28 heavy (non-hydrogen) atoms. The van der Waals surface area contributed by atoms with Crippen molar-refractivity contribution in [1.29, 1.82) is 0 Å². The first-order chi connectivity index (χ1) is 13.1. The molecule has 4 rings (SSSR count). The van der Waals surface area contributed by atoms with Gasteiger partial charge in [-0.1, -0.05) is 39.3 Å². The van der Waals surface area contributed by atoms with Gasteiger partial charge in [0.05, 0.1) is 0 Å². The number of carbonyl (C=O) groups excluding carboxylic acids is 1. The van der Waals surface area contributed by atoms with E-state index in [1.54, 1.807) is 12.5 Å². The van der Waals surface area contributed by atoms with Crippen molar-refractivity contribution in [3.8, 4) is 0 Å². The summed E-state index contributed by atoms with van der Waals surface area (Å²) in [5, 5.41) is 10.0. The summed E-state index contributed by atoms with van der Waals surface area (Å²) in [6.07, 6.45) is 12.3. The first kappa shape index (κ1) is 20.4. The van der Waals surface area contributed by atoms with Crippen LogP contribution in [0, 0.1) is 39.9 Å². The molecule has 1 N–H and O–H groups in total. The van der Waals surface area contributed by atoms with Crippen LogP contribution >= 0.6 is 0 Å². The lowest BCUT2D eigenvalue weighted by atomic mass is 9.47. The fraction of sp³-hybridized carbons (Fsp3) is 0.880. The fourth-order valence-corrected chi connectivity index (χ4v) is 8.21. The molecule has 0 aromatic heterocycles. The van der Waals surface area contributed by atoms with E-state index in [1.165, 1.54) is 32.1 Å². The maximum absolute atomic E-state index is 11.4. The molecule has 4 aliphatic carbocycles. The fourth-order valence-electron chi connectivity index (χ4n) is 8.21. The van der Waals surface area contributed by atoms with E-state index >= 15 is 0 Å². The topological polar surface area (TPSA) is 46.5 Å². The van der Waals surface area contributed by atoms with Crippen LogP contribution in [0.3, 0.4) is 0 Å². The molecule has 3 heteroatoms. The van der Waals surface area contributed by atoms with Gasteiger partial charge >= 0.3 is 5.97 Å². The molecule has 0 radical (unpaired) electrons. The second-order valence-corrected chi connectivity index (χ2v) is 11.6. The second kappa shape index (κ2) is 6.86. The largest absolute Gasteiger partial charge is 0.463 e. The summed E-state index contributed by atoms with van der Waals surface area (Å²) in [5.74, 6) is 2.54. The number of hydrogen-bond donors (Lipinski definition) is 1. The lowest BCUT2D eigenvalue weighted by Gasteiger charge is -2.58. The van der Waals surface area contributed by atoms with Crippen molar-refractivity contribution >= 4 is 5.97 Å². The molecule has 3 fully saturated rings. The third kappa shape index (κ3) is 2.99. The van der Waals surface area contributed by atoms with E-state index in [0.717, 1.165) is 19.3 Å². The van der Waals surface area contributed by atoms with Gasteiger partial charge in [0, 0.05) is 13.5 Å². The minimum atomic E-state index is -0.127. The predicted octanol–water partition coefficient (Wildman–Crippen LogP) is 5.52. The average Bonchev–Trinajstić information content (AvgIpc) is 2.99. The van der Waals surface area contributed by atoms with Crippen LogP contribution in [0.4, 0.5) is 0 Å². The Labute approximate surface area is 171 Å². The lowest BCUT2D eigenvalue weighted by molar-refractivity contribution is -0.152. The van der Waals surface area contributed by atoms with Crippen LogP contribution in [0.5, 0.6) is 0 Å². The summed E-state index contributed by atoms with van der Waals surface area (Å²) in [6, 6.07) is 0. The highest BCUT2D eigenvalue weighted by Crippen LogP contribution is 2.68. The molecule has 0 bridgehead atoms. The van der Waals surface area contributed by atoms with E-state index in [0.29, 0.717) is 41.1 Å². The Morgan fingerprint density at radius 3 is 2.50 bits per heavy atom. The Bertz CT molecular complexity index is 665. The van der Waals surface area contributed by atoms with E-state index < -0.39 is 0 Å². The molecule has 7 atom stereocenters. The zero-order valence-corrected chi connectivity index (χ0v) is 18.6. The van der Waals surface area contributed by atoms with Gasteiger partial charge in [0.25, 0.3) is 0 Å². The van der Waals surface area contributed by atoms with Gasteiger partial charge in [-0.2, -0.15) is 0 Å². The van der Waals surface area contributed by atoms with Gasteiger partial charge in [-0.05, 0) is 91.3 Å². The molecular formula is C25H40O3. The molecule has 158 valence electrons. The zero-order valence-electron chi connectivity index (χ0n) is 18.6. The molecule has 3 saturated carbocycles. The summed E-state index contributed by atoms with van der Waals surface area (Å²) in [4.78, 5) is 11.4. The zero-order chi connectivity index (χ0) is 20.3. The van der Waals surface area contributed by atoms with E-state index in [9.17, 15) is 9.90 Å². The van der Waals surface area contributed by atoms with Crippen LogP contribution in [-0.2, 0) is 9.53 Å². The molecule has 0 aromatic rings. The van der Waals surface area contributed by atoms with Crippen LogP contribution in [0.1, 0.15) is 86.0 Å². The number of hydrogen-bond acceptors (Lipinski definition) is 3. The molecule has 0 amide bonds. The SMILES string of the molecule is CC(=O)O[C@H]1CC[C@@]2(C)C(CC=C3[C@@H]4CC[C@H](C(C)(C)CO)[C@@]4(C)CC[C@@H]32)C1. The van der Waals surface area contributed by atoms with E-state index in [1.807, 2.05) is 0 Å². The van der Waals surface area contributed by atoms with Crippen LogP contribution in [-0.4, -0.2) is 23.8 Å². The third-order valence-corrected chi connectivity index (χ3v) is 9.72. The van der Waals surface area contributed by atoms with E-state index in [2.05, 4.69) is 33.8 Å². The number of aliphatic hydroxyl groups is 1. The highest BCUT2D eigenvalue weighted by atomic mass is 16.5. The first-order valence-electron chi connectivity index (χ1n) is 11.6. The summed E-state index contributed by atoms with van der Waals surface area (Å²) < 4.78 is 5.59. The monoisotopic (exact) mass is 388 g/mol. The van der Waals surface area contributed by atoms with Crippen LogP contribution in [0.25, 0.3) is 0 Å². The van der Waals surface area contributed by atoms with Crippen molar-refractivity contribution in [1.82, 2.24) is 0 Å². The van der Waals surface area contributed by atoms with Crippen molar-refractivity contribution in [2.75, 3.05) is 6.61 Å². The van der Waals surface area contributed by atoms with E-state index in [4.69, 9.17) is 4.74 Å². The summed E-state index contributed by atoms with van der Waals surface area (Å²) in [6.45, 7) is 11.4. The molecule has 0 heterocycles. The number of fused-ring (bicyclic) bond motifs is 5. The van der Waals surface area contributed by atoms with Gasteiger partial charge in [-0.3, -0.25) is 4.79 Å². The van der Waals surface area contributed by atoms with Crippen molar-refractivity contribution in [2.24, 2.45) is 39.9 Å². The van der Waals surface area contributed by atoms with Crippen molar-refractivity contribution in [3.63, 3.8) is 0 Å². The number of carbonyl (C=O) groups is 1. The molecule has 0 spiro atoms. The highest BCUT2D eigenvalue weighted by Gasteiger charge is 2.59. The third-order valence-electron chi connectivity index (χ3n) is 9.72. The smallest absolute Gasteiger partial charge is 0.302 e. The maximum Gasteiger partial charge on any atom is 0.302 e. The second-order valence-electron chi connectivity index (χ2n) is 11.6. The molecule has 3 nitrogen and oxygen atoms in total. The molecular weight excluding hydrogens is 348 g/mol. The number of ether oxygens (including phenoxy) is 1. The van der Waals surface area contributed by atoms with Crippen molar-refractivity contribution < 1.29 is 14.6 Å². The molecule has 0 saturated heterocycles. The van der Waals surface area contributed by atoms with Gasteiger partial charge in [-0.15, -0.1) is 0 Å². The lowest BCUT2D eigenvalue weighted by Crippen LogP contribution is -2.51. The van der Waals surface area contributed by atoms with E-state index in [-0.39, 0.29) is 17.5 Å². The number of aliphatic hydroxyl groups excluding tert-OH is 1. The maximum atomic E-state index is 11.4. The quantitative estimate of drug-likeness (QED) is 0.512. The predicted molar refractivity (Wildman–Crippen MR) is 112 cm³/mol. The van der Waals surface area contributed by atoms with Crippen LogP contribution < -0.4 is 0 Å². The first-order valence-corrected chi connectivity index (χ1v) is 11.6. The summed E-state index contributed by atoms with van der Waals surface area (Å²) in [7, 11) is 0. The Kier molecular flexibility index (Phi) is 5.01. The Morgan fingerprint density at radius 2 is 1.82 bits per heavy atom. The Morgan fingerprint density at radius 1 is 1.14 bits per heavy atom. The molecule has 0 aliphatic heterocycles. The van der Waals surface area contributed by atoms with Gasteiger partial charge in [0.1, 0.15) is 6.10 Å². The van der Waals surface area contributed by atoms with Gasteiger partial charge in [0.15, 0.2) is 0 Å². The van der Waals surface area contributed by atoms with Crippen molar-refractivity contribution in [3.05, 3.63) is 11.6 Å². The van der Waals surface area contributed by atoms with Crippen molar-refractivity contribution in [2.45, 2.75) is 92.1 Å². The standard InChI is InChI=1S/C25H40O3/c1-16(27)28-18-10-12-24(4)17(14-18)6-7-19-20-8-9-22(23(2,3)15-26)25(20,5)13-11-21(19)24/h7,17-18,20-22,26H,6,8-15H2,1-5H3/t17?,18-,20-,21-,22+,24-,25-/m0/s1. The molecule has 0 aromatic carbocycles. The molecule has 4 aliphatic rings. The number of rotatable bonds is 3. The Hall–Kier alpha value is -0.830. The number of esters is 1. The molecule has 1 unspecified atom stereocenters. The summed E-state index contributed by atoms with van der Waals surface area (Å²) >= 11 is 0. The number of allylic oxidation sites excluding steroid dienone is 2. The minimum Gasteiger partial charge on any atom is -0.463 e. The highest BCUT2D eigenvalue weighted by molar-refractivity contribution is 5.66. The van der Waals surface area contributed by atoms with Gasteiger partial charge in [-0.25, -0.2) is 0 Å². The van der Waals surface area contributed by atoms with Gasteiger partial charge in [0.2, 0.25) is 0 Å². The minimum absolute atomic E-state index is 0.0140. The normalized spacial score (nSPS) is 45.5. The average molecular weight is 389 g/mol. The van der Waals surface area contributed by atoms with Gasteiger partial charge < -0.3 is 9.84 Å². The van der Waals surface area contributed by atoms with Crippen LogP contribution in [0.15, 0.2) is 11.6 Å². The Balaban J connectivity index is 1.58.